The summed E-state index contributed by atoms with van der Waals surface area (Å²) in [6.45, 7) is 23.8. The molecule has 0 aliphatic carbocycles. The Morgan fingerprint density at radius 2 is 0.500 bits per heavy atom. The number of hydrogen-bond acceptors (Lipinski definition) is 12. The third kappa shape index (κ3) is 55.4. The maximum atomic E-state index is 13.1. The molecule has 0 aliphatic heterocycles. The summed E-state index contributed by atoms with van der Waals surface area (Å²) in [6.07, 6.45) is 51.5. The van der Waals surface area contributed by atoms with Crippen molar-refractivity contribution in [2.75, 3.05) is 52.5 Å². The van der Waals surface area contributed by atoms with Crippen molar-refractivity contribution in [3.05, 3.63) is 0 Å². The number of rotatable bonds is 69. The van der Waals surface area contributed by atoms with E-state index in [1.165, 1.54) is 25.7 Å². The molecule has 0 spiro atoms. The molecule has 88 heavy (non-hydrogen) atoms. The molecule has 0 saturated carbocycles. The Morgan fingerprint density at radius 3 is 0.784 bits per heavy atom. The normalized spacial score (nSPS) is 13.8. The summed E-state index contributed by atoms with van der Waals surface area (Å²) in [5.74, 6) is 0.945. The van der Waals surface area contributed by atoms with Gasteiger partial charge in [0.1, 0.15) is 24.4 Å². The van der Waals surface area contributed by atoms with Gasteiger partial charge in [0.25, 0.3) is 0 Å². The molecule has 522 valence electrons. The smallest absolute Gasteiger partial charge is 0.306 e. The first-order valence-electron chi connectivity index (χ1n) is 38.3. The Morgan fingerprint density at radius 1 is 0.261 bits per heavy atom. The first-order valence-corrected chi connectivity index (χ1v) is 38.3. The maximum Gasteiger partial charge on any atom is 0.306 e. The Balaban J connectivity index is 4.47. The molecule has 6 unspecified atom stereocenters. The minimum absolute atomic E-state index is 0.00386. The van der Waals surface area contributed by atoms with Crippen LogP contribution in [0.1, 0.15) is 376 Å². The number of hydrogen-bond donors (Lipinski definition) is 2. The Bertz CT molecular complexity index is 1530. The van der Waals surface area contributed by atoms with Crippen LogP contribution in [0.25, 0.3) is 0 Å². The van der Waals surface area contributed by atoms with Crippen LogP contribution in [0, 0.1) is 11.8 Å². The summed E-state index contributed by atoms with van der Waals surface area (Å²) < 4.78 is 24.0. The molecule has 0 aromatic rings. The summed E-state index contributed by atoms with van der Waals surface area (Å²) in [4.78, 5) is 56.0. The van der Waals surface area contributed by atoms with Gasteiger partial charge in [0.2, 0.25) is 0 Å². The summed E-state index contributed by atoms with van der Waals surface area (Å²) in [6, 6.07) is 0. The highest BCUT2D eigenvalue weighted by atomic mass is 16.6. The first kappa shape index (κ1) is 85.7. The zero-order chi connectivity index (χ0) is 64.8. The van der Waals surface area contributed by atoms with Crippen molar-refractivity contribution in [1.82, 2.24) is 9.80 Å². The fourth-order valence-corrected chi connectivity index (χ4v) is 12.4. The summed E-state index contributed by atoms with van der Waals surface area (Å²) in [5, 5.41) is 19.4. The van der Waals surface area contributed by atoms with Crippen LogP contribution in [0.5, 0.6) is 0 Å². The molecular weight excluding hydrogens is 1100 g/mol. The molecule has 0 radical (unpaired) electrons. The molecule has 0 saturated heterocycles. The molecule has 12 nitrogen and oxygen atoms in total. The lowest BCUT2D eigenvalue weighted by Gasteiger charge is -2.24. The number of carbonyl (C=O) groups excluding carboxylic acids is 4. The second-order valence-corrected chi connectivity index (χ2v) is 27.0. The van der Waals surface area contributed by atoms with Gasteiger partial charge in [-0.3, -0.25) is 19.2 Å². The quantitative estimate of drug-likeness (QED) is 0.0339. The van der Waals surface area contributed by atoms with E-state index in [0.717, 1.165) is 296 Å². The topological polar surface area (TPSA) is 152 Å². The van der Waals surface area contributed by atoms with Gasteiger partial charge in [-0.15, -0.1) is 0 Å². The zero-order valence-electron chi connectivity index (χ0n) is 59.5. The van der Waals surface area contributed by atoms with Crippen molar-refractivity contribution < 1.29 is 48.3 Å². The third-order valence-corrected chi connectivity index (χ3v) is 18.6. The number of carbonyl (C=O) groups is 4. The maximum absolute atomic E-state index is 13.1. The minimum Gasteiger partial charge on any atom is -0.462 e. The van der Waals surface area contributed by atoms with Gasteiger partial charge in [0, 0.05) is 38.8 Å². The molecular formula is C76H148N2O10. The predicted molar refractivity (Wildman–Crippen MR) is 370 cm³/mol. The lowest BCUT2D eigenvalue weighted by Crippen LogP contribution is -2.29. The molecule has 0 heterocycles. The number of unbranched alkanes of at least 4 members (excludes halogenated alkanes) is 25. The second-order valence-electron chi connectivity index (χ2n) is 27.0. The average molecular weight is 1250 g/mol. The average Bonchev–Trinajstić information content (AvgIpc) is 3.51. The van der Waals surface area contributed by atoms with Crippen molar-refractivity contribution in [3.8, 4) is 0 Å². The Kier molecular flexibility index (Phi) is 63.1. The fourth-order valence-electron chi connectivity index (χ4n) is 12.4. The van der Waals surface area contributed by atoms with Crippen molar-refractivity contribution in [2.24, 2.45) is 11.8 Å². The second kappa shape index (κ2) is 64.8. The Hall–Kier alpha value is -2.28. The lowest BCUT2D eigenvalue weighted by molar-refractivity contribution is -0.151. The molecule has 0 fully saturated rings. The van der Waals surface area contributed by atoms with Crippen LogP contribution >= 0.6 is 0 Å². The predicted octanol–water partition coefficient (Wildman–Crippen LogP) is 20.1. The van der Waals surface area contributed by atoms with Gasteiger partial charge in [0.15, 0.2) is 0 Å². The van der Waals surface area contributed by atoms with Crippen LogP contribution in [0.15, 0.2) is 0 Å². The Labute approximate surface area is 544 Å². The zero-order valence-corrected chi connectivity index (χ0v) is 59.5. The van der Waals surface area contributed by atoms with E-state index in [-0.39, 0.29) is 61.5 Å². The van der Waals surface area contributed by atoms with E-state index in [1.54, 1.807) is 0 Å². The fraction of sp³-hybridized carbons (Fsp3) is 0.947. The van der Waals surface area contributed by atoms with Gasteiger partial charge >= 0.3 is 23.9 Å². The minimum atomic E-state index is -0.0439. The highest BCUT2D eigenvalue weighted by molar-refractivity contribution is 5.70. The van der Waals surface area contributed by atoms with E-state index in [4.69, 9.17) is 18.9 Å². The number of aliphatic hydroxyl groups excluding tert-OH is 2. The highest BCUT2D eigenvalue weighted by Crippen LogP contribution is 2.27. The van der Waals surface area contributed by atoms with Gasteiger partial charge in [-0.2, -0.15) is 0 Å². The van der Waals surface area contributed by atoms with Crippen LogP contribution in [0.2, 0.25) is 0 Å². The lowest BCUT2D eigenvalue weighted by atomic mass is 9.86. The molecule has 6 atom stereocenters. The van der Waals surface area contributed by atoms with Crippen LogP contribution in [0.4, 0.5) is 0 Å². The van der Waals surface area contributed by atoms with Gasteiger partial charge < -0.3 is 39.0 Å². The molecule has 12 heteroatoms. The van der Waals surface area contributed by atoms with Crippen LogP contribution < -0.4 is 0 Å². The number of ether oxygens (including phenoxy) is 4. The molecule has 2 N–H and O–H groups in total. The van der Waals surface area contributed by atoms with E-state index in [0.29, 0.717) is 50.6 Å². The van der Waals surface area contributed by atoms with Crippen molar-refractivity contribution >= 4 is 23.9 Å². The van der Waals surface area contributed by atoms with Gasteiger partial charge in [0.05, 0.1) is 13.2 Å². The van der Waals surface area contributed by atoms with Crippen molar-refractivity contribution in [3.63, 3.8) is 0 Å². The standard InChI is InChI=1S/C76H148N2O10/c1-9-15-33-49-69(46-18-12-4)85-73(81)53-36-25-21-29-40-59-77(63-65-79)61-42-31-23-27-38-55-75(83)87-71(48-20-14-6)52-44-45-67(7)68(8)57-58-72(51-35-17-11-3)88-76(84)56-39-28-24-32-43-62-78(64-66-80)60-41-30-22-26-37-54-74(82)86-70(47-19-13-5)50-34-16-10-2/h67-72,79-80H,9-66H2,1-8H3. The number of nitrogens with zero attached hydrogens (tertiary/aromatic N) is 2. The molecule has 0 aliphatic rings. The first-order chi connectivity index (χ1) is 42.9. The van der Waals surface area contributed by atoms with E-state index < -0.39 is 0 Å². The van der Waals surface area contributed by atoms with E-state index >= 15 is 0 Å². The molecule has 0 rings (SSSR count). The molecule has 0 aromatic heterocycles. The number of aliphatic hydroxyl groups is 2. The molecule has 0 aromatic carbocycles. The molecule has 0 bridgehead atoms. The van der Waals surface area contributed by atoms with Crippen LogP contribution in [-0.4, -0.2) is 121 Å². The van der Waals surface area contributed by atoms with Gasteiger partial charge in [-0.1, -0.05) is 216 Å². The van der Waals surface area contributed by atoms with Gasteiger partial charge in [-0.05, 0) is 173 Å². The van der Waals surface area contributed by atoms with Gasteiger partial charge in [-0.25, -0.2) is 0 Å². The van der Waals surface area contributed by atoms with E-state index in [9.17, 15) is 29.4 Å². The van der Waals surface area contributed by atoms with Crippen molar-refractivity contribution in [2.45, 2.75) is 401 Å². The summed E-state index contributed by atoms with van der Waals surface area (Å²) in [7, 11) is 0. The van der Waals surface area contributed by atoms with E-state index in [2.05, 4.69) is 65.2 Å². The van der Waals surface area contributed by atoms with E-state index in [1.807, 2.05) is 0 Å². The number of esters is 4. The third-order valence-electron chi connectivity index (χ3n) is 18.6. The highest BCUT2D eigenvalue weighted by Gasteiger charge is 2.21. The van der Waals surface area contributed by atoms with Crippen molar-refractivity contribution in [1.29, 1.82) is 0 Å². The van der Waals surface area contributed by atoms with Crippen LogP contribution in [-0.2, 0) is 38.1 Å². The largest absolute Gasteiger partial charge is 0.462 e. The monoisotopic (exact) mass is 1250 g/mol. The van der Waals surface area contributed by atoms with Crippen LogP contribution in [0.3, 0.4) is 0 Å². The summed E-state index contributed by atoms with van der Waals surface area (Å²) in [5.41, 5.74) is 0. The SMILES string of the molecule is CCCCCC(CCCC)OC(=O)CCCCCCCN(CCO)CCCCCCCC(=O)OC(CCCC)CCCC(C)C(C)CCC(CCCCC)OC(=O)CCCCCCCN(CCO)CCCCCCCC(=O)OC(CCCC)CCCCC. The summed E-state index contributed by atoms with van der Waals surface area (Å²) >= 11 is 0. The molecule has 0 amide bonds.